The molecule has 90 valence electrons. The summed E-state index contributed by atoms with van der Waals surface area (Å²) >= 11 is -1.99. The van der Waals surface area contributed by atoms with Gasteiger partial charge in [-0.1, -0.05) is 11.1 Å². The Hall–Kier alpha value is 0.380. The van der Waals surface area contributed by atoms with Gasteiger partial charge in [0, 0.05) is 12.3 Å². The van der Waals surface area contributed by atoms with Gasteiger partial charge in [0.15, 0.2) is 0 Å². The van der Waals surface area contributed by atoms with Gasteiger partial charge in [-0.15, -0.1) is 0 Å². The molecule has 0 aromatic carbocycles. The second-order valence-electron chi connectivity index (χ2n) is 4.14. The fourth-order valence-electron chi connectivity index (χ4n) is 0.850. The number of ether oxygens (including phenoxy) is 1. The SMILES string of the molecule is CC(C)(C)OC(=O)NCCCCS(=O)[O-].[Na+]. The molecule has 0 heterocycles. The van der Waals surface area contributed by atoms with Gasteiger partial charge in [-0.05, 0) is 33.6 Å². The van der Waals surface area contributed by atoms with E-state index < -0.39 is 22.8 Å². The minimum atomic E-state index is -1.99. The molecular formula is C9H18NNaO4S. The van der Waals surface area contributed by atoms with E-state index in [9.17, 15) is 13.6 Å². The van der Waals surface area contributed by atoms with Crippen LogP contribution in [-0.2, 0) is 15.8 Å². The van der Waals surface area contributed by atoms with Crippen molar-refractivity contribution in [3.05, 3.63) is 0 Å². The molecule has 0 aromatic heterocycles. The molecule has 0 spiro atoms. The molecule has 0 rings (SSSR count). The van der Waals surface area contributed by atoms with E-state index in [0.29, 0.717) is 19.4 Å². The van der Waals surface area contributed by atoms with Crippen LogP contribution in [-0.4, -0.2) is 32.8 Å². The van der Waals surface area contributed by atoms with Gasteiger partial charge >= 0.3 is 35.7 Å². The normalized spacial score (nSPS) is 12.5. The molecule has 1 amide bonds. The minimum absolute atomic E-state index is 0. The van der Waals surface area contributed by atoms with Crippen LogP contribution in [0.25, 0.3) is 0 Å². The molecule has 0 saturated heterocycles. The number of amides is 1. The number of hydrogen-bond donors (Lipinski definition) is 1. The van der Waals surface area contributed by atoms with E-state index in [4.69, 9.17) is 4.74 Å². The van der Waals surface area contributed by atoms with Crippen LogP contribution >= 0.6 is 0 Å². The molecule has 0 saturated carbocycles. The largest absolute Gasteiger partial charge is 1.00 e. The van der Waals surface area contributed by atoms with Gasteiger partial charge in [-0.25, -0.2) is 4.79 Å². The second-order valence-corrected chi connectivity index (χ2v) is 5.16. The standard InChI is InChI=1S/C9H19NO4S.Na/c1-9(2,3)14-8(11)10-6-4-5-7-15(12)13;/h4-7H2,1-3H3,(H,10,11)(H,12,13);/q;+1/p-1. The number of carbonyl (C=O) groups excluding carboxylic acids is 1. The van der Waals surface area contributed by atoms with Crippen molar-refractivity contribution in [1.29, 1.82) is 0 Å². The minimum Gasteiger partial charge on any atom is -0.772 e. The summed E-state index contributed by atoms with van der Waals surface area (Å²) in [7, 11) is 0. The maximum Gasteiger partial charge on any atom is 1.00 e. The quantitative estimate of drug-likeness (QED) is 0.358. The molecule has 0 aliphatic rings. The van der Waals surface area contributed by atoms with Crippen LogP contribution in [0.2, 0.25) is 0 Å². The average Bonchev–Trinajstić information content (AvgIpc) is 1.99. The van der Waals surface area contributed by atoms with E-state index in [0.717, 1.165) is 0 Å². The third-order valence-electron chi connectivity index (χ3n) is 1.41. The Morgan fingerprint density at radius 2 is 1.94 bits per heavy atom. The number of nitrogens with one attached hydrogen (secondary N) is 1. The summed E-state index contributed by atoms with van der Waals surface area (Å²) in [6.45, 7) is 5.79. The molecule has 7 heteroatoms. The van der Waals surface area contributed by atoms with Gasteiger partial charge in [0.05, 0.1) is 0 Å². The molecule has 1 unspecified atom stereocenters. The molecule has 1 atom stereocenters. The number of rotatable bonds is 5. The van der Waals surface area contributed by atoms with Crippen molar-refractivity contribution in [2.75, 3.05) is 12.3 Å². The predicted molar refractivity (Wildman–Crippen MR) is 57.3 cm³/mol. The molecule has 0 fully saturated rings. The van der Waals surface area contributed by atoms with E-state index in [1.807, 2.05) is 0 Å². The summed E-state index contributed by atoms with van der Waals surface area (Å²) in [6.07, 6.45) is 0.713. The number of hydrogen-bond acceptors (Lipinski definition) is 4. The van der Waals surface area contributed by atoms with Gasteiger partial charge in [0.1, 0.15) is 5.60 Å². The monoisotopic (exact) mass is 259 g/mol. The van der Waals surface area contributed by atoms with Crippen LogP contribution in [0, 0.1) is 0 Å². The van der Waals surface area contributed by atoms with Gasteiger partial charge in [-0.3, -0.25) is 4.21 Å². The van der Waals surface area contributed by atoms with Gasteiger partial charge in [0.2, 0.25) is 0 Å². The van der Waals surface area contributed by atoms with Gasteiger partial charge in [-0.2, -0.15) is 0 Å². The third-order valence-corrected chi connectivity index (χ3v) is 2.03. The Kier molecular flexibility index (Phi) is 11.0. The zero-order valence-electron chi connectivity index (χ0n) is 10.4. The summed E-state index contributed by atoms with van der Waals surface area (Å²) in [4.78, 5) is 11.1. The molecule has 5 nitrogen and oxygen atoms in total. The van der Waals surface area contributed by atoms with Crippen LogP contribution < -0.4 is 34.9 Å². The summed E-state index contributed by atoms with van der Waals surface area (Å²) < 4.78 is 25.3. The first-order valence-corrected chi connectivity index (χ1v) is 6.08. The van der Waals surface area contributed by atoms with Crippen molar-refractivity contribution in [1.82, 2.24) is 5.32 Å². The first kappa shape index (κ1) is 18.7. The molecule has 0 aliphatic carbocycles. The molecule has 0 aliphatic heterocycles. The van der Waals surface area contributed by atoms with E-state index in [1.54, 1.807) is 20.8 Å². The average molecular weight is 259 g/mol. The molecule has 0 radical (unpaired) electrons. The Bertz CT molecular complexity index is 230. The Morgan fingerprint density at radius 3 is 2.38 bits per heavy atom. The van der Waals surface area contributed by atoms with Crippen LogP contribution in [0.15, 0.2) is 0 Å². The Balaban J connectivity index is 0. The summed E-state index contributed by atoms with van der Waals surface area (Å²) in [5.74, 6) is 0.135. The molecule has 16 heavy (non-hydrogen) atoms. The first-order chi connectivity index (χ1) is 6.81. The summed E-state index contributed by atoms with van der Waals surface area (Å²) in [6, 6.07) is 0. The molecule has 0 aromatic rings. The van der Waals surface area contributed by atoms with E-state index in [-0.39, 0.29) is 35.3 Å². The van der Waals surface area contributed by atoms with E-state index in [1.165, 1.54) is 0 Å². The molecule has 1 N–H and O–H groups in total. The van der Waals surface area contributed by atoms with Crippen molar-refractivity contribution in [3.63, 3.8) is 0 Å². The van der Waals surface area contributed by atoms with Crippen molar-refractivity contribution in [2.24, 2.45) is 0 Å². The second kappa shape index (κ2) is 9.41. The number of carbonyl (C=O) groups is 1. The van der Waals surface area contributed by atoms with Crippen LogP contribution in [0.5, 0.6) is 0 Å². The van der Waals surface area contributed by atoms with E-state index in [2.05, 4.69) is 5.32 Å². The number of alkyl carbamates (subject to hydrolysis) is 1. The maximum absolute atomic E-state index is 11.1. The van der Waals surface area contributed by atoms with Gasteiger partial charge < -0.3 is 14.6 Å². The number of unbranched alkanes of at least 4 members (excludes halogenated alkanes) is 1. The van der Waals surface area contributed by atoms with Gasteiger partial charge in [0.25, 0.3) is 0 Å². The van der Waals surface area contributed by atoms with Crippen molar-refractivity contribution < 1.29 is 47.9 Å². The van der Waals surface area contributed by atoms with Crippen LogP contribution in [0.3, 0.4) is 0 Å². The Labute approximate surface area is 121 Å². The zero-order valence-corrected chi connectivity index (χ0v) is 13.2. The Morgan fingerprint density at radius 1 is 1.38 bits per heavy atom. The fraction of sp³-hybridized carbons (Fsp3) is 0.889. The van der Waals surface area contributed by atoms with E-state index >= 15 is 0 Å². The summed E-state index contributed by atoms with van der Waals surface area (Å²) in [5.41, 5.74) is -0.499. The smallest absolute Gasteiger partial charge is 0.772 e. The topological polar surface area (TPSA) is 78.5 Å². The first-order valence-electron chi connectivity index (χ1n) is 4.84. The van der Waals surface area contributed by atoms with Crippen LogP contribution in [0.4, 0.5) is 4.79 Å². The van der Waals surface area contributed by atoms with Crippen molar-refractivity contribution in [3.8, 4) is 0 Å². The molecule has 0 bridgehead atoms. The third kappa shape index (κ3) is 14.4. The van der Waals surface area contributed by atoms with Crippen LogP contribution in [0.1, 0.15) is 33.6 Å². The predicted octanol–water partition coefficient (Wildman–Crippen LogP) is -1.83. The molecular weight excluding hydrogens is 241 g/mol. The maximum atomic E-state index is 11.1. The summed E-state index contributed by atoms with van der Waals surface area (Å²) in [5, 5.41) is 2.55. The fourth-order valence-corrected chi connectivity index (χ4v) is 1.29. The van der Waals surface area contributed by atoms with Crippen molar-refractivity contribution >= 4 is 17.2 Å². The van der Waals surface area contributed by atoms with Crippen molar-refractivity contribution in [2.45, 2.75) is 39.2 Å². The zero-order chi connectivity index (χ0) is 11.9.